The third kappa shape index (κ3) is 4.47. The quantitative estimate of drug-likeness (QED) is 0.458. The van der Waals surface area contributed by atoms with Gasteiger partial charge in [-0.2, -0.15) is 0 Å². The lowest BCUT2D eigenvalue weighted by Crippen LogP contribution is -2.36. The van der Waals surface area contributed by atoms with Crippen molar-refractivity contribution in [2.24, 2.45) is 0 Å². The van der Waals surface area contributed by atoms with E-state index in [1.165, 1.54) is 31.3 Å². The number of likely N-dealkylation sites (N-methyl/N-ethyl adjacent to an activating group) is 2. The normalized spacial score (nSPS) is 10.3. The standard InChI is InChI=1S/C12H15N3O4/c1-13-12(17)8-14(2)7-11(16)9-3-5-10(6-4-9)15(18)19/h3-6H,7-8H2,1-2H3,(H,13,17). The molecule has 0 aromatic heterocycles. The van der Waals surface area contributed by atoms with Gasteiger partial charge in [0.1, 0.15) is 0 Å². The van der Waals surface area contributed by atoms with Crippen LogP contribution in [0.25, 0.3) is 0 Å². The average molecular weight is 265 g/mol. The number of amides is 1. The number of Topliss-reactive ketones (excluding diaryl/α,β-unsaturated/α-hetero) is 1. The van der Waals surface area contributed by atoms with E-state index in [2.05, 4.69) is 5.32 Å². The van der Waals surface area contributed by atoms with Crippen molar-refractivity contribution in [3.63, 3.8) is 0 Å². The molecule has 0 fully saturated rings. The van der Waals surface area contributed by atoms with Crippen molar-refractivity contribution in [1.29, 1.82) is 0 Å². The molecule has 1 aromatic carbocycles. The zero-order chi connectivity index (χ0) is 14.4. The van der Waals surface area contributed by atoms with Crippen LogP contribution in [0, 0.1) is 10.1 Å². The Morgan fingerprint density at radius 1 is 1.26 bits per heavy atom. The SMILES string of the molecule is CNC(=O)CN(C)CC(=O)c1ccc([N+](=O)[O-])cc1. The molecule has 7 nitrogen and oxygen atoms in total. The summed E-state index contributed by atoms with van der Waals surface area (Å²) in [5.41, 5.74) is 0.324. The van der Waals surface area contributed by atoms with Crippen molar-refractivity contribution in [1.82, 2.24) is 10.2 Å². The molecule has 1 rings (SSSR count). The van der Waals surface area contributed by atoms with Gasteiger partial charge in [-0.15, -0.1) is 0 Å². The number of nitrogens with one attached hydrogen (secondary N) is 1. The highest BCUT2D eigenvalue weighted by molar-refractivity contribution is 5.98. The van der Waals surface area contributed by atoms with Gasteiger partial charge in [0.25, 0.3) is 5.69 Å². The van der Waals surface area contributed by atoms with E-state index in [0.29, 0.717) is 5.56 Å². The fourth-order valence-corrected chi connectivity index (χ4v) is 1.49. The lowest BCUT2D eigenvalue weighted by molar-refractivity contribution is -0.384. The predicted octanol–water partition coefficient (Wildman–Crippen LogP) is 0.455. The van der Waals surface area contributed by atoms with Gasteiger partial charge in [0.05, 0.1) is 18.0 Å². The first-order valence-corrected chi connectivity index (χ1v) is 5.61. The Morgan fingerprint density at radius 3 is 2.32 bits per heavy atom. The maximum atomic E-state index is 11.9. The first-order valence-electron chi connectivity index (χ1n) is 5.61. The van der Waals surface area contributed by atoms with E-state index in [9.17, 15) is 19.7 Å². The Balaban J connectivity index is 2.63. The molecule has 0 radical (unpaired) electrons. The number of carbonyl (C=O) groups is 2. The van der Waals surface area contributed by atoms with Gasteiger partial charge in [0, 0.05) is 24.7 Å². The van der Waals surface area contributed by atoms with Crippen molar-refractivity contribution < 1.29 is 14.5 Å². The molecule has 0 aliphatic rings. The van der Waals surface area contributed by atoms with Crippen molar-refractivity contribution in [2.45, 2.75) is 0 Å². The summed E-state index contributed by atoms with van der Waals surface area (Å²) in [5, 5.41) is 12.9. The van der Waals surface area contributed by atoms with E-state index in [4.69, 9.17) is 0 Å². The van der Waals surface area contributed by atoms with Gasteiger partial charge in [0.2, 0.25) is 5.91 Å². The zero-order valence-corrected chi connectivity index (χ0v) is 10.8. The van der Waals surface area contributed by atoms with Gasteiger partial charge in [-0.05, 0) is 19.2 Å². The second-order valence-electron chi connectivity index (χ2n) is 4.07. The maximum absolute atomic E-state index is 11.9. The molecule has 102 valence electrons. The lowest BCUT2D eigenvalue weighted by atomic mass is 10.1. The topological polar surface area (TPSA) is 92.6 Å². The summed E-state index contributed by atoms with van der Waals surface area (Å²) < 4.78 is 0. The van der Waals surface area contributed by atoms with E-state index in [1.54, 1.807) is 11.9 Å². The van der Waals surface area contributed by atoms with Crippen LogP contribution in [-0.2, 0) is 4.79 Å². The number of nitro groups is 1. The molecule has 0 saturated carbocycles. The van der Waals surface area contributed by atoms with Crippen LogP contribution in [-0.4, -0.2) is 48.7 Å². The molecule has 19 heavy (non-hydrogen) atoms. The molecule has 1 amide bonds. The molecule has 0 aliphatic heterocycles. The molecule has 0 saturated heterocycles. The highest BCUT2D eigenvalue weighted by Crippen LogP contribution is 2.12. The molecule has 1 N–H and O–H groups in total. The Kier molecular flexibility index (Phi) is 5.13. The van der Waals surface area contributed by atoms with Gasteiger partial charge in [0.15, 0.2) is 5.78 Å². The van der Waals surface area contributed by atoms with E-state index in [1.807, 2.05) is 0 Å². The van der Waals surface area contributed by atoms with E-state index >= 15 is 0 Å². The Morgan fingerprint density at radius 2 is 1.84 bits per heavy atom. The van der Waals surface area contributed by atoms with E-state index in [0.717, 1.165) is 0 Å². The maximum Gasteiger partial charge on any atom is 0.269 e. The fraction of sp³-hybridized carbons (Fsp3) is 0.333. The van der Waals surface area contributed by atoms with Crippen molar-refractivity contribution in [2.75, 3.05) is 27.2 Å². The minimum absolute atomic E-state index is 0.0599. The summed E-state index contributed by atoms with van der Waals surface area (Å²) in [6.07, 6.45) is 0. The lowest BCUT2D eigenvalue weighted by Gasteiger charge is -2.14. The van der Waals surface area contributed by atoms with E-state index < -0.39 is 4.92 Å². The number of ketones is 1. The highest BCUT2D eigenvalue weighted by atomic mass is 16.6. The average Bonchev–Trinajstić information content (AvgIpc) is 2.38. The van der Waals surface area contributed by atoms with Crippen LogP contribution in [0.1, 0.15) is 10.4 Å². The van der Waals surface area contributed by atoms with Crippen LogP contribution in [0.4, 0.5) is 5.69 Å². The molecular formula is C12H15N3O4. The molecular weight excluding hydrogens is 250 g/mol. The van der Waals surface area contributed by atoms with Crippen LogP contribution in [0.3, 0.4) is 0 Å². The molecule has 0 atom stereocenters. The number of nitrogens with zero attached hydrogens (tertiary/aromatic N) is 2. The van der Waals surface area contributed by atoms with Crippen molar-refractivity contribution >= 4 is 17.4 Å². The number of carbonyl (C=O) groups excluding carboxylic acids is 2. The summed E-state index contributed by atoms with van der Waals surface area (Å²) >= 11 is 0. The Hall–Kier alpha value is -2.28. The van der Waals surface area contributed by atoms with Crippen LogP contribution < -0.4 is 5.32 Å². The minimum atomic E-state index is -0.522. The van der Waals surface area contributed by atoms with Gasteiger partial charge < -0.3 is 5.32 Å². The Bertz CT molecular complexity index is 484. The largest absolute Gasteiger partial charge is 0.358 e. The minimum Gasteiger partial charge on any atom is -0.358 e. The zero-order valence-electron chi connectivity index (χ0n) is 10.8. The van der Waals surface area contributed by atoms with Crippen LogP contribution in [0.2, 0.25) is 0 Å². The first-order chi connectivity index (χ1) is 8.93. The molecule has 0 unspecified atom stereocenters. The summed E-state index contributed by atoms with van der Waals surface area (Å²) in [6, 6.07) is 5.39. The molecule has 7 heteroatoms. The summed E-state index contributed by atoms with van der Waals surface area (Å²) in [6.45, 7) is 0.195. The highest BCUT2D eigenvalue weighted by Gasteiger charge is 2.13. The van der Waals surface area contributed by atoms with Crippen LogP contribution in [0.5, 0.6) is 0 Å². The van der Waals surface area contributed by atoms with Gasteiger partial charge in [-0.1, -0.05) is 0 Å². The van der Waals surface area contributed by atoms with Crippen molar-refractivity contribution in [3.8, 4) is 0 Å². The van der Waals surface area contributed by atoms with Crippen LogP contribution in [0.15, 0.2) is 24.3 Å². The molecule has 0 bridgehead atoms. The smallest absolute Gasteiger partial charge is 0.269 e. The number of non-ortho nitro benzene ring substituents is 1. The number of benzene rings is 1. The number of nitro benzene ring substituents is 1. The summed E-state index contributed by atoms with van der Waals surface area (Å²) in [7, 11) is 3.17. The monoisotopic (exact) mass is 265 g/mol. The predicted molar refractivity (Wildman–Crippen MR) is 69.0 cm³/mol. The molecule has 1 aromatic rings. The van der Waals surface area contributed by atoms with Gasteiger partial charge in [-0.3, -0.25) is 24.6 Å². The van der Waals surface area contributed by atoms with E-state index in [-0.39, 0.29) is 30.5 Å². The third-order valence-corrected chi connectivity index (χ3v) is 2.51. The number of rotatable bonds is 6. The second-order valence-corrected chi connectivity index (χ2v) is 4.07. The fourth-order valence-electron chi connectivity index (χ4n) is 1.49. The number of hydrogen-bond donors (Lipinski definition) is 1. The van der Waals surface area contributed by atoms with Gasteiger partial charge in [-0.25, -0.2) is 0 Å². The molecule has 0 aliphatic carbocycles. The summed E-state index contributed by atoms with van der Waals surface area (Å²) in [4.78, 5) is 34.5. The summed E-state index contributed by atoms with van der Waals surface area (Å²) in [5.74, 6) is -0.375. The Labute approximate surface area is 110 Å². The van der Waals surface area contributed by atoms with Crippen LogP contribution >= 0.6 is 0 Å². The third-order valence-electron chi connectivity index (χ3n) is 2.51. The first kappa shape index (κ1) is 14.8. The molecule has 0 heterocycles. The van der Waals surface area contributed by atoms with Gasteiger partial charge >= 0.3 is 0 Å². The second kappa shape index (κ2) is 6.60. The molecule has 0 spiro atoms. The van der Waals surface area contributed by atoms with Crippen molar-refractivity contribution in [3.05, 3.63) is 39.9 Å². The number of hydrogen-bond acceptors (Lipinski definition) is 5.